The van der Waals surface area contributed by atoms with Gasteiger partial charge in [-0.05, 0) is 19.9 Å². The number of hydrogen-bond acceptors (Lipinski definition) is 6. The van der Waals surface area contributed by atoms with Crippen molar-refractivity contribution in [3.05, 3.63) is 11.1 Å². The number of rotatable bonds is 6. The van der Waals surface area contributed by atoms with Crippen molar-refractivity contribution in [2.45, 2.75) is 25.5 Å². The van der Waals surface area contributed by atoms with Crippen molar-refractivity contribution >= 4 is 16.5 Å². The van der Waals surface area contributed by atoms with Crippen LogP contribution in [0.3, 0.4) is 0 Å². The van der Waals surface area contributed by atoms with Crippen LogP contribution in [0.5, 0.6) is 0 Å². The fourth-order valence-corrected chi connectivity index (χ4v) is 3.21. The standard InChI is InChI=1S/C12H21N3O2S/c1-14(7-10(17)9-16)8-11-6-13-12(18-11)15-4-2-3-5-15/h6,10,16-17H,2-5,7-9H2,1H3/t10-/m0/s1. The van der Waals surface area contributed by atoms with Crippen molar-refractivity contribution in [2.24, 2.45) is 0 Å². The van der Waals surface area contributed by atoms with Gasteiger partial charge in [0, 0.05) is 37.3 Å². The van der Waals surface area contributed by atoms with E-state index in [0.29, 0.717) is 6.54 Å². The molecule has 1 fully saturated rings. The van der Waals surface area contributed by atoms with Crippen molar-refractivity contribution in [1.82, 2.24) is 9.88 Å². The lowest BCUT2D eigenvalue weighted by Gasteiger charge is -2.18. The van der Waals surface area contributed by atoms with E-state index in [0.717, 1.165) is 24.8 Å². The van der Waals surface area contributed by atoms with Gasteiger partial charge < -0.3 is 15.1 Å². The van der Waals surface area contributed by atoms with Crippen LogP contribution in [0.25, 0.3) is 0 Å². The molecule has 102 valence electrons. The van der Waals surface area contributed by atoms with E-state index < -0.39 is 6.10 Å². The van der Waals surface area contributed by atoms with E-state index in [1.54, 1.807) is 11.3 Å². The lowest BCUT2D eigenvalue weighted by atomic mass is 10.3. The fraction of sp³-hybridized carbons (Fsp3) is 0.750. The first kappa shape index (κ1) is 13.7. The van der Waals surface area contributed by atoms with E-state index >= 15 is 0 Å². The summed E-state index contributed by atoms with van der Waals surface area (Å²) >= 11 is 1.72. The van der Waals surface area contributed by atoms with Crippen LogP contribution < -0.4 is 4.90 Å². The normalized spacial score (nSPS) is 17.7. The van der Waals surface area contributed by atoms with Crippen LogP contribution in [0.1, 0.15) is 17.7 Å². The van der Waals surface area contributed by atoms with Crippen LogP contribution in [0.15, 0.2) is 6.20 Å². The molecule has 2 rings (SSSR count). The molecular weight excluding hydrogens is 250 g/mol. The second kappa shape index (κ2) is 6.47. The van der Waals surface area contributed by atoms with Gasteiger partial charge in [0.05, 0.1) is 12.7 Å². The van der Waals surface area contributed by atoms with Crippen LogP contribution in [0.2, 0.25) is 0 Å². The molecule has 0 amide bonds. The highest BCUT2D eigenvalue weighted by Crippen LogP contribution is 2.26. The van der Waals surface area contributed by atoms with Gasteiger partial charge in [-0.15, -0.1) is 11.3 Å². The number of aliphatic hydroxyl groups excluding tert-OH is 2. The third-order valence-electron chi connectivity index (χ3n) is 3.08. The van der Waals surface area contributed by atoms with E-state index in [1.807, 2.05) is 18.1 Å². The van der Waals surface area contributed by atoms with E-state index in [-0.39, 0.29) is 6.61 Å². The first-order valence-electron chi connectivity index (χ1n) is 6.36. The van der Waals surface area contributed by atoms with E-state index in [4.69, 9.17) is 5.11 Å². The summed E-state index contributed by atoms with van der Waals surface area (Å²) in [4.78, 5) is 9.99. The number of hydrogen-bond donors (Lipinski definition) is 2. The molecule has 0 aliphatic carbocycles. The number of aromatic nitrogens is 1. The summed E-state index contributed by atoms with van der Waals surface area (Å²) in [5.41, 5.74) is 0. The zero-order valence-electron chi connectivity index (χ0n) is 10.7. The van der Waals surface area contributed by atoms with E-state index in [9.17, 15) is 5.11 Å². The van der Waals surface area contributed by atoms with Crippen LogP contribution in [0, 0.1) is 0 Å². The van der Waals surface area contributed by atoms with Crippen LogP contribution in [-0.4, -0.2) is 59.5 Å². The molecule has 18 heavy (non-hydrogen) atoms. The number of aliphatic hydroxyl groups is 2. The summed E-state index contributed by atoms with van der Waals surface area (Å²) in [7, 11) is 1.94. The zero-order valence-corrected chi connectivity index (χ0v) is 11.6. The molecule has 6 heteroatoms. The molecule has 1 aliphatic rings. The summed E-state index contributed by atoms with van der Waals surface area (Å²) < 4.78 is 0. The Bertz CT molecular complexity index is 366. The van der Waals surface area contributed by atoms with Gasteiger partial charge in [-0.2, -0.15) is 0 Å². The third-order valence-corrected chi connectivity index (χ3v) is 4.12. The predicted octanol–water partition coefficient (Wildman–Crippen LogP) is 0.528. The average molecular weight is 271 g/mol. The zero-order chi connectivity index (χ0) is 13.0. The summed E-state index contributed by atoms with van der Waals surface area (Å²) in [6.45, 7) is 3.29. The Hall–Kier alpha value is -0.690. The first-order chi connectivity index (χ1) is 8.69. The minimum atomic E-state index is -0.666. The summed E-state index contributed by atoms with van der Waals surface area (Å²) in [5.74, 6) is 0. The quantitative estimate of drug-likeness (QED) is 0.790. The smallest absolute Gasteiger partial charge is 0.185 e. The Morgan fingerprint density at radius 2 is 2.22 bits per heavy atom. The van der Waals surface area contributed by atoms with Gasteiger partial charge in [0.2, 0.25) is 0 Å². The molecule has 0 radical (unpaired) electrons. The monoisotopic (exact) mass is 271 g/mol. The molecule has 1 aromatic rings. The summed E-state index contributed by atoms with van der Waals surface area (Å²) in [5, 5.41) is 19.3. The Kier molecular flexibility index (Phi) is 4.94. The second-order valence-electron chi connectivity index (χ2n) is 4.84. The Balaban J connectivity index is 1.85. The number of thiazole rings is 1. The van der Waals surface area contributed by atoms with Crippen LogP contribution in [0.4, 0.5) is 5.13 Å². The molecular formula is C12H21N3O2S. The van der Waals surface area contributed by atoms with E-state index in [2.05, 4.69) is 9.88 Å². The highest BCUT2D eigenvalue weighted by Gasteiger charge is 2.16. The third kappa shape index (κ3) is 3.65. The molecule has 1 aliphatic heterocycles. The van der Waals surface area contributed by atoms with Gasteiger partial charge in [0.1, 0.15) is 0 Å². The maximum Gasteiger partial charge on any atom is 0.185 e. The minimum absolute atomic E-state index is 0.188. The molecule has 0 unspecified atom stereocenters. The topological polar surface area (TPSA) is 59.8 Å². The lowest BCUT2D eigenvalue weighted by Crippen LogP contribution is -2.30. The molecule has 1 saturated heterocycles. The predicted molar refractivity (Wildman–Crippen MR) is 73.0 cm³/mol. The molecule has 1 aromatic heterocycles. The van der Waals surface area contributed by atoms with Crippen molar-refractivity contribution in [2.75, 3.05) is 38.2 Å². The lowest BCUT2D eigenvalue weighted by molar-refractivity contribution is 0.0650. The van der Waals surface area contributed by atoms with Gasteiger partial charge >= 0.3 is 0 Å². The Morgan fingerprint density at radius 3 is 2.89 bits per heavy atom. The first-order valence-corrected chi connectivity index (χ1v) is 7.18. The molecule has 1 atom stereocenters. The van der Waals surface area contributed by atoms with Crippen molar-refractivity contribution in [3.63, 3.8) is 0 Å². The number of likely N-dealkylation sites (N-methyl/N-ethyl adjacent to an activating group) is 1. The minimum Gasteiger partial charge on any atom is -0.394 e. The van der Waals surface area contributed by atoms with Crippen molar-refractivity contribution in [3.8, 4) is 0 Å². The molecule has 2 N–H and O–H groups in total. The molecule has 0 bridgehead atoms. The Morgan fingerprint density at radius 1 is 1.50 bits per heavy atom. The molecule has 0 saturated carbocycles. The van der Waals surface area contributed by atoms with Gasteiger partial charge in [-0.1, -0.05) is 0 Å². The molecule has 5 nitrogen and oxygen atoms in total. The van der Waals surface area contributed by atoms with Crippen LogP contribution >= 0.6 is 11.3 Å². The summed E-state index contributed by atoms with van der Waals surface area (Å²) in [6, 6.07) is 0. The SMILES string of the molecule is CN(Cc1cnc(N2CCCC2)s1)C[C@H](O)CO. The van der Waals surface area contributed by atoms with E-state index in [1.165, 1.54) is 17.7 Å². The Labute approximate surface area is 112 Å². The number of nitrogens with zero attached hydrogens (tertiary/aromatic N) is 3. The van der Waals surface area contributed by atoms with Crippen molar-refractivity contribution < 1.29 is 10.2 Å². The fourth-order valence-electron chi connectivity index (χ4n) is 2.17. The van der Waals surface area contributed by atoms with Crippen molar-refractivity contribution in [1.29, 1.82) is 0 Å². The van der Waals surface area contributed by atoms with Gasteiger partial charge in [-0.3, -0.25) is 4.90 Å². The maximum atomic E-state index is 9.37. The highest BCUT2D eigenvalue weighted by atomic mass is 32.1. The van der Waals surface area contributed by atoms with Gasteiger partial charge in [0.25, 0.3) is 0 Å². The second-order valence-corrected chi connectivity index (χ2v) is 5.93. The highest BCUT2D eigenvalue weighted by molar-refractivity contribution is 7.15. The van der Waals surface area contributed by atoms with Crippen LogP contribution in [-0.2, 0) is 6.54 Å². The maximum absolute atomic E-state index is 9.37. The van der Waals surface area contributed by atoms with Gasteiger partial charge in [0.15, 0.2) is 5.13 Å². The molecule has 0 spiro atoms. The average Bonchev–Trinajstić information content (AvgIpc) is 2.98. The number of anilines is 1. The summed E-state index contributed by atoms with van der Waals surface area (Å²) in [6.07, 6.45) is 3.77. The molecule has 0 aromatic carbocycles. The van der Waals surface area contributed by atoms with Gasteiger partial charge in [-0.25, -0.2) is 4.98 Å². The largest absolute Gasteiger partial charge is 0.394 e. The molecule has 2 heterocycles.